The van der Waals surface area contributed by atoms with E-state index < -0.39 is 0 Å². The third kappa shape index (κ3) is 5.66. The molecule has 1 aliphatic heterocycles. The molecule has 0 radical (unpaired) electrons. The zero-order valence-electron chi connectivity index (χ0n) is 19.2. The summed E-state index contributed by atoms with van der Waals surface area (Å²) in [4.78, 5) is 33.4. The molecule has 0 spiro atoms. The normalized spacial score (nSPS) is 18.6. The minimum Gasteiger partial charge on any atom is -0.367 e. The molecule has 33 heavy (non-hydrogen) atoms. The standard InChI is InChI=1S/C25H32N4O2S2/c1-2-3-4-5-10-16-29-24(31)20(33-25(29)32)17-19-22(26-18-12-7-6-8-13-18)27-21-14-9-11-15-28(21)23(19)30/h9,11,14-15,17-18,26H,2-8,10,12-13,16H2,1H3/b20-17+. The fourth-order valence-electron chi connectivity index (χ4n) is 4.48. The fourth-order valence-corrected chi connectivity index (χ4v) is 5.77. The molecule has 4 rings (SSSR count). The largest absolute Gasteiger partial charge is 0.367 e. The molecule has 176 valence electrons. The monoisotopic (exact) mass is 484 g/mol. The summed E-state index contributed by atoms with van der Waals surface area (Å²) in [6.45, 7) is 2.82. The number of anilines is 1. The summed E-state index contributed by atoms with van der Waals surface area (Å²) in [7, 11) is 0. The van der Waals surface area contributed by atoms with Crippen molar-refractivity contribution in [3.05, 3.63) is 45.2 Å². The van der Waals surface area contributed by atoms with Crippen molar-refractivity contribution >= 4 is 51.7 Å². The first-order chi connectivity index (χ1) is 16.1. The maximum absolute atomic E-state index is 13.4. The summed E-state index contributed by atoms with van der Waals surface area (Å²) in [6, 6.07) is 5.81. The molecular weight excluding hydrogens is 452 g/mol. The predicted molar refractivity (Wildman–Crippen MR) is 141 cm³/mol. The molecule has 0 atom stereocenters. The van der Waals surface area contributed by atoms with Crippen molar-refractivity contribution in [2.75, 3.05) is 11.9 Å². The zero-order valence-corrected chi connectivity index (χ0v) is 20.8. The smallest absolute Gasteiger partial charge is 0.267 e. The van der Waals surface area contributed by atoms with E-state index in [0.29, 0.717) is 38.8 Å². The van der Waals surface area contributed by atoms with Gasteiger partial charge in [0.1, 0.15) is 15.8 Å². The zero-order chi connectivity index (χ0) is 23.2. The van der Waals surface area contributed by atoms with Gasteiger partial charge < -0.3 is 5.32 Å². The van der Waals surface area contributed by atoms with Crippen LogP contribution in [-0.2, 0) is 4.79 Å². The van der Waals surface area contributed by atoms with Crippen molar-refractivity contribution in [3.63, 3.8) is 0 Å². The molecule has 2 fully saturated rings. The van der Waals surface area contributed by atoms with E-state index in [-0.39, 0.29) is 11.5 Å². The van der Waals surface area contributed by atoms with Crippen molar-refractivity contribution in [2.24, 2.45) is 0 Å². The molecule has 2 aromatic rings. The summed E-state index contributed by atoms with van der Waals surface area (Å²) in [5.74, 6) is 0.449. The number of nitrogens with one attached hydrogen (secondary N) is 1. The number of pyridine rings is 1. The highest BCUT2D eigenvalue weighted by molar-refractivity contribution is 8.26. The maximum atomic E-state index is 13.4. The number of nitrogens with zero attached hydrogens (tertiary/aromatic N) is 3. The number of carbonyl (C=O) groups is 1. The Balaban J connectivity index is 1.61. The molecule has 1 saturated heterocycles. The van der Waals surface area contributed by atoms with Crippen LogP contribution >= 0.6 is 24.0 Å². The lowest BCUT2D eigenvalue weighted by Crippen LogP contribution is -2.29. The van der Waals surface area contributed by atoms with Gasteiger partial charge in [0.15, 0.2) is 0 Å². The number of thioether (sulfide) groups is 1. The SMILES string of the molecule is CCCCCCCN1C(=O)/C(=C\c2c(NC3CCCCC3)nc3ccccn3c2=O)SC1=S. The molecule has 1 amide bonds. The third-order valence-electron chi connectivity index (χ3n) is 6.35. The maximum Gasteiger partial charge on any atom is 0.267 e. The van der Waals surface area contributed by atoms with Gasteiger partial charge in [-0.1, -0.05) is 81.9 Å². The van der Waals surface area contributed by atoms with Gasteiger partial charge in [-0.25, -0.2) is 4.98 Å². The van der Waals surface area contributed by atoms with E-state index in [0.717, 1.165) is 25.7 Å². The fraction of sp³-hybridized carbons (Fsp3) is 0.520. The lowest BCUT2D eigenvalue weighted by molar-refractivity contribution is -0.122. The molecule has 2 aliphatic rings. The van der Waals surface area contributed by atoms with Gasteiger partial charge in [-0.3, -0.25) is 18.9 Å². The number of rotatable bonds is 9. The second-order valence-corrected chi connectivity index (χ2v) is 10.5. The molecule has 6 nitrogen and oxygen atoms in total. The highest BCUT2D eigenvalue weighted by Gasteiger charge is 2.32. The van der Waals surface area contributed by atoms with E-state index in [1.807, 2.05) is 18.2 Å². The van der Waals surface area contributed by atoms with Crippen LogP contribution in [0.5, 0.6) is 0 Å². The van der Waals surface area contributed by atoms with Gasteiger partial charge in [0.25, 0.3) is 11.5 Å². The summed E-state index contributed by atoms with van der Waals surface area (Å²) in [5, 5.41) is 3.51. The summed E-state index contributed by atoms with van der Waals surface area (Å²) in [5.41, 5.74) is 0.842. The quantitative estimate of drug-likeness (QED) is 0.283. The first-order valence-electron chi connectivity index (χ1n) is 12.1. The van der Waals surface area contributed by atoms with E-state index in [1.165, 1.54) is 54.7 Å². The van der Waals surface area contributed by atoms with E-state index in [2.05, 4.69) is 12.2 Å². The van der Waals surface area contributed by atoms with Crippen LogP contribution in [0.25, 0.3) is 11.7 Å². The Morgan fingerprint density at radius 2 is 1.94 bits per heavy atom. The number of hydrogen-bond acceptors (Lipinski definition) is 6. The van der Waals surface area contributed by atoms with Gasteiger partial charge in [0, 0.05) is 18.8 Å². The molecule has 0 unspecified atom stereocenters. The lowest BCUT2D eigenvalue weighted by atomic mass is 9.95. The van der Waals surface area contributed by atoms with E-state index >= 15 is 0 Å². The lowest BCUT2D eigenvalue weighted by Gasteiger charge is -2.24. The first-order valence-corrected chi connectivity index (χ1v) is 13.3. The van der Waals surface area contributed by atoms with Crippen LogP contribution in [0.3, 0.4) is 0 Å². The minimum atomic E-state index is -0.177. The molecule has 0 aromatic carbocycles. The minimum absolute atomic E-state index is 0.110. The first kappa shape index (κ1) is 24.0. The average Bonchev–Trinajstić information content (AvgIpc) is 3.09. The number of hydrogen-bond donors (Lipinski definition) is 1. The Hall–Kier alpha value is -2.19. The topological polar surface area (TPSA) is 66.7 Å². The second-order valence-electron chi connectivity index (χ2n) is 8.83. The van der Waals surface area contributed by atoms with Gasteiger partial charge in [-0.05, 0) is 37.5 Å². The summed E-state index contributed by atoms with van der Waals surface area (Å²) < 4.78 is 2.10. The van der Waals surface area contributed by atoms with Gasteiger partial charge in [0.2, 0.25) is 0 Å². The number of aromatic nitrogens is 2. The Bertz CT molecular complexity index is 1110. The highest BCUT2D eigenvalue weighted by Crippen LogP contribution is 2.33. The predicted octanol–water partition coefficient (Wildman–Crippen LogP) is 5.61. The van der Waals surface area contributed by atoms with Crippen molar-refractivity contribution < 1.29 is 4.79 Å². The van der Waals surface area contributed by atoms with Crippen LogP contribution in [0.2, 0.25) is 0 Å². The van der Waals surface area contributed by atoms with Crippen LogP contribution in [0.1, 0.15) is 76.7 Å². The molecule has 2 aromatic heterocycles. The van der Waals surface area contributed by atoms with Crippen molar-refractivity contribution in [1.29, 1.82) is 0 Å². The van der Waals surface area contributed by atoms with Crippen molar-refractivity contribution in [3.8, 4) is 0 Å². The van der Waals surface area contributed by atoms with E-state index in [4.69, 9.17) is 17.2 Å². The highest BCUT2D eigenvalue weighted by atomic mass is 32.2. The van der Waals surface area contributed by atoms with E-state index in [1.54, 1.807) is 17.2 Å². The summed E-state index contributed by atoms with van der Waals surface area (Å²) in [6.07, 6.45) is 14.8. The number of amides is 1. The Morgan fingerprint density at radius 3 is 2.73 bits per heavy atom. The molecule has 8 heteroatoms. The van der Waals surface area contributed by atoms with Gasteiger partial charge in [0.05, 0.1) is 10.5 Å². The average molecular weight is 485 g/mol. The van der Waals surface area contributed by atoms with Crippen LogP contribution in [0.4, 0.5) is 5.82 Å². The van der Waals surface area contributed by atoms with Crippen LogP contribution in [0.15, 0.2) is 34.1 Å². The number of unbranched alkanes of at least 4 members (excludes halogenated alkanes) is 4. The Kier molecular flexibility index (Phi) is 8.20. The van der Waals surface area contributed by atoms with Gasteiger partial charge in [-0.2, -0.15) is 0 Å². The van der Waals surface area contributed by atoms with Gasteiger partial charge in [-0.15, -0.1) is 0 Å². The number of fused-ring (bicyclic) bond motifs is 1. The van der Waals surface area contributed by atoms with Gasteiger partial charge >= 0.3 is 0 Å². The van der Waals surface area contributed by atoms with Crippen LogP contribution in [-0.4, -0.2) is 37.1 Å². The number of thiocarbonyl (C=S) groups is 1. The molecule has 1 saturated carbocycles. The van der Waals surface area contributed by atoms with E-state index in [9.17, 15) is 9.59 Å². The molecule has 0 bridgehead atoms. The molecule has 1 N–H and O–H groups in total. The second kappa shape index (κ2) is 11.3. The van der Waals surface area contributed by atoms with Crippen molar-refractivity contribution in [2.45, 2.75) is 77.2 Å². The molecular formula is C25H32N4O2S2. The van der Waals surface area contributed by atoms with Crippen LogP contribution < -0.4 is 10.9 Å². The molecule has 3 heterocycles. The van der Waals surface area contributed by atoms with Crippen molar-refractivity contribution in [1.82, 2.24) is 14.3 Å². The van der Waals surface area contributed by atoms with Crippen LogP contribution in [0, 0.1) is 0 Å². The third-order valence-corrected chi connectivity index (χ3v) is 7.73. The Labute approximate surface area is 204 Å². The molecule has 1 aliphatic carbocycles. The Morgan fingerprint density at radius 1 is 1.15 bits per heavy atom. The summed E-state index contributed by atoms with van der Waals surface area (Å²) >= 11 is 6.78. The number of carbonyl (C=O) groups excluding carboxylic acids is 1.